The summed E-state index contributed by atoms with van der Waals surface area (Å²) in [4.78, 5) is 4.47. The zero-order valence-corrected chi connectivity index (χ0v) is 10.1. The summed E-state index contributed by atoms with van der Waals surface area (Å²) < 4.78 is 5.17. The van der Waals surface area contributed by atoms with E-state index in [0.717, 1.165) is 22.5 Å². The maximum absolute atomic E-state index is 6.90. The molecular weight excluding hydrogens is 228 g/mol. The summed E-state index contributed by atoms with van der Waals surface area (Å²) in [6.07, 6.45) is 4.58. The number of pyridine rings is 1. The van der Waals surface area contributed by atoms with Gasteiger partial charge in [-0.25, -0.2) is 0 Å². The smallest absolute Gasteiger partial charge is 0.231 e. The lowest BCUT2D eigenvalue weighted by molar-refractivity contribution is -0.500. The summed E-state index contributed by atoms with van der Waals surface area (Å²) >= 11 is 0. The second kappa shape index (κ2) is 5.29. The highest BCUT2D eigenvalue weighted by Gasteiger charge is 2.06. The Morgan fingerprint density at radius 2 is 2.22 bits per heavy atom. The average Bonchev–Trinajstić information content (AvgIpc) is 2.38. The summed E-state index contributed by atoms with van der Waals surface area (Å²) in [7, 11) is 1.62. The molecule has 92 valence electrons. The van der Waals surface area contributed by atoms with Crippen molar-refractivity contribution in [1.29, 1.82) is 5.41 Å². The highest BCUT2D eigenvalue weighted by Crippen LogP contribution is 2.24. The van der Waals surface area contributed by atoms with E-state index in [0.29, 0.717) is 5.69 Å². The lowest BCUT2D eigenvalue weighted by Gasteiger charge is -2.05. The van der Waals surface area contributed by atoms with Gasteiger partial charge in [-0.1, -0.05) is 0 Å². The number of aromatic nitrogens is 1. The lowest BCUT2D eigenvalue weighted by atomic mass is 10.2. The predicted molar refractivity (Wildman–Crippen MR) is 72.2 cm³/mol. The predicted octanol–water partition coefficient (Wildman–Crippen LogP) is 1.18. The largest absolute Gasteiger partial charge is 0.497 e. The van der Waals surface area contributed by atoms with Crippen molar-refractivity contribution in [3.63, 3.8) is 0 Å². The number of nitrogen functional groups attached to an aromatic ring is 1. The molecule has 0 amide bonds. The molecule has 2 rings (SSSR count). The first-order chi connectivity index (χ1) is 8.74. The molecule has 1 aromatic heterocycles. The van der Waals surface area contributed by atoms with Crippen molar-refractivity contribution in [1.82, 2.24) is 4.98 Å². The van der Waals surface area contributed by atoms with E-state index >= 15 is 0 Å². The molecule has 18 heavy (non-hydrogen) atoms. The first-order valence-corrected chi connectivity index (χ1v) is 5.49. The second-order valence-electron chi connectivity index (χ2n) is 3.74. The van der Waals surface area contributed by atoms with Gasteiger partial charge in [-0.15, -0.1) is 0 Å². The van der Waals surface area contributed by atoms with Crippen molar-refractivity contribution in [2.75, 3.05) is 12.8 Å². The molecule has 0 saturated carbocycles. The van der Waals surface area contributed by atoms with Gasteiger partial charge < -0.3 is 15.9 Å². The van der Waals surface area contributed by atoms with Crippen molar-refractivity contribution in [3.05, 3.63) is 36.5 Å². The Morgan fingerprint density at radius 3 is 2.94 bits per heavy atom. The van der Waals surface area contributed by atoms with E-state index in [1.165, 1.54) is 6.21 Å². The number of rotatable bonds is 4. The monoisotopic (exact) mass is 243 g/mol. The van der Waals surface area contributed by atoms with E-state index in [2.05, 4.69) is 4.98 Å². The van der Waals surface area contributed by atoms with Crippen LogP contribution >= 0.6 is 0 Å². The second-order valence-corrected chi connectivity index (χ2v) is 3.74. The number of quaternary nitrogens is 1. The molecule has 0 atom stereocenters. The molecule has 0 aliphatic rings. The summed E-state index contributed by atoms with van der Waals surface area (Å²) in [5.74, 6) is 1.51. The van der Waals surface area contributed by atoms with Crippen molar-refractivity contribution in [2.24, 2.45) is 0 Å². The molecule has 1 aromatic carbocycles. The van der Waals surface area contributed by atoms with E-state index < -0.39 is 0 Å². The Bertz CT molecular complexity index is 607. The first kappa shape index (κ1) is 12.1. The van der Waals surface area contributed by atoms with Crippen LogP contribution in [0.25, 0.3) is 10.9 Å². The van der Waals surface area contributed by atoms with Gasteiger partial charge in [-0.3, -0.25) is 5.32 Å². The van der Waals surface area contributed by atoms with Gasteiger partial charge in [-0.05, 0) is 12.1 Å². The Labute approximate surface area is 105 Å². The lowest BCUT2D eigenvalue weighted by Crippen LogP contribution is -2.71. The molecule has 0 fully saturated rings. The van der Waals surface area contributed by atoms with Crippen molar-refractivity contribution >= 4 is 28.6 Å². The number of allylic oxidation sites excluding steroid dienone is 1. The molecule has 5 N–H and O–H groups in total. The van der Waals surface area contributed by atoms with Crippen LogP contribution in [0.1, 0.15) is 0 Å². The van der Waals surface area contributed by atoms with Crippen LogP contribution in [0.3, 0.4) is 0 Å². The number of anilines is 1. The summed E-state index contributed by atoms with van der Waals surface area (Å²) in [5, 5.41) is 9.61. The topological polar surface area (TPSA) is 88.6 Å². The third-order valence-electron chi connectivity index (χ3n) is 2.54. The number of ether oxygens (including phenoxy) is 1. The Morgan fingerprint density at radius 1 is 1.39 bits per heavy atom. The van der Waals surface area contributed by atoms with E-state index in [1.807, 2.05) is 24.3 Å². The number of benzene rings is 1. The summed E-state index contributed by atoms with van der Waals surface area (Å²) in [6.45, 7) is 0. The fraction of sp³-hybridized carbons (Fsp3) is 0.0769. The number of nitrogens with one attached hydrogen (secondary N) is 1. The van der Waals surface area contributed by atoms with E-state index in [1.54, 1.807) is 24.7 Å². The van der Waals surface area contributed by atoms with Crippen LogP contribution in [-0.2, 0) is 0 Å². The normalized spacial score (nSPS) is 10.9. The number of fused-ring (bicyclic) bond motifs is 1. The summed E-state index contributed by atoms with van der Waals surface area (Å²) in [5.41, 5.74) is 7.46. The standard InChI is InChI=1S/C13H14N4O/c1-18-9-3-4-10-11(15)8-13(16-6-2-5-14)17-12(10)7-9/h2-8,14H,1H3,(H3,15,16,17)/p+1. The van der Waals surface area contributed by atoms with E-state index in [9.17, 15) is 0 Å². The first-order valence-electron chi connectivity index (χ1n) is 5.49. The zero-order chi connectivity index (χ0) is 13.0. The van der Waals surface area contributed by atoms with Crippen LogP contribution in [0.4, 0.5) is 11.5 Å². The molecule has 0 spiro atoms. The van der Waals surface area contributed by atoms with Gasteiger partial charge >= 0.3 is 0 Å². The van der Waals surface area contributed by atoms with Crippen LogP contribution in [-0.4, -0.2) is 18.3 Å². The molecular formula is C13H15N4O+. The van der Waals surface area contributed by atoms with Gasteiger partial charge in [0.15, 0.2) is 0 Å². The molecule has 0 aliphatic carbocycles. The van der Waals surface area contributed by atoms with Crippen molar-refractivity contribution in [3.8, 4) is 5.75 Å². The fourth-order valence-electron chi connectivity index (χ4n) is 1.68. The molecule has 0 bridgehead atoms. The van der Waals surface area contributed by atoms with Crippen LogP contribution < -0.4 is 15.8 Å². The average molecular weight is 243 g/mol. The quantitative estimate of drug-likeness (QED) is 0.704. The minimum atomic E-state index is 0.678. The number of hydrogen-bond donors (Lipinski definition) is 3. The maximum atomic E-state index is 6.90. The molecule has 1 heterocycles. The Hall–Kier alpha value is -2.40. The minimum Gasteiger partial charge on any atom is -0.497 e. The summed E-state index contributed by atoms with van der Waals surface area (Å²) in [6, 6.07) is 7.42. The number of methoxy groups -OCH3 is 1. The number of nitrogens with two attached hydrogens (primary N) is 2. The van der Waals surface area contributed by atoms with Crippen molar-refractivity contribution in [2.45, 2.75) is 0 Å². The van der Waals surface area contributed by atoms with Crippen LogP contribution in [0.2, 0.25) is 0 Å². The third kappa shape index (κ3) is 2.46. The van der Waals surface area contributed by atoms with E-state index in [-0.39, 0.29) is 0 Å². The van der Waals surface area contributed by atoms with E-state index in [4.69, 9.17) is 15.9 Å². The molecule has 5 nitrogen and oxygen atoms in total. The zero-order valence-electron chi connectivity index (χ0n) is 10.1. The number of hydrogen-bond acceptors (Lipinski definition) is 4. The molecule has 0 radical (unpaired) electrons. The maximum Gasteiger partial charge on any atom is 0.231 e. The van der Waals surface area contributed by atoms with Crippen molar-refractivity contribution < 1.29 is 10.1 Å². The van der Waals surface area contributed by atoms with Gasteiger partial charge in [0.2, 0.25) is 5.82 Å². The van der Waals surface area contributed by atoms with Gasteiger partial charge in [0.1, 0.15) is 11.9 Å². The fourth-order valence-corrected chi connectivity index (χ4v) is 1.68. The molecule has 5 heteroatoms. The van der Waals surface area contributed by atoms with Crippen LogP contribution in [0.15, 0.2) is 36.5 Å². The highest BCUT2D eigenvalue weighted by atomic mass is 16.5. The minimum absolute atomic E-state index is 0.678. The highest BCUT2D eigenvalue weighted by molar-refractivity contribution is 5.91. The third-order valence-corrected chi connectivity index (χ3v) is 2.54. The molecule has 0 aliphatic heterocycles. The van der Waals surface area contributed by atoms with Crippen LogP contribution in [0, 0.1) is 5.41 Å². The Balaban J connectivity index is 2.45. The Kier molecular flexibility index (Phi) is 3.54. The van der Waals surface area contributed by atoms with Gasteiger partial charge in [0.25, 0.3) is 0 Å². The number of nitrogens with zero attached hydrogens (tertiary/aromatic N) is 1. The molecule has 0 unspecified atom stereocenters. The molecule has 2 aromatic rings. The van der Waals surface area contributed by atoms with Crippen LogP contribution in [0.5, 0.6) is 5.75 Å². The van der Waals surface area contributed by atoms with Gasteiger partial charge in [0.05, 0.1) is 12.6 Å². The SMILES string of the molecule is COc1ccc2c(N)cc([NH2+]C=CC=N)nc2c1. The van der Waals surface area contributed by atoms with Gasteiger partial charge in [-0.2, -0.15) is 4.98 Å². The molecule has 0 saturated heterocycles. The van der Waals surface area contributed by atoms with Gasteiger partial charge in [0, 0.05) is 35.5 Å².